The summed E-state index contributed by atoms with van der Waals surface area (Å²) in [4.78, 5) is 5.01. The normalized spacial score (nSPS) is 14.2. The topological polar surface area (TPSA) is 34.5 Å². The Morgan fingerprint density at radius 2 is 1.27 bits per heavy atom. The molecule has 12 rings (SSSR count). The van der Waals surface area contributed by atoms with E-state index in [0.717, 1.165) is 55.1 Å². The average molecular weight is 578 g/mol. The van der Waals surface area contributed by atoms with E-state index in [1.54, 1.807) is 0 Å². The second kappa shape index (κ2) is 7.41. The third kappa shape index (κ3) is 2.39. The van der Waals surface area contributed by atoms with E-state index in [4.69, 9.17) is 8.83 Å². The number of fused-ring (bicyclic) bond motifs is 15. The minimum absolute atomic E-state index is 0.0504. The van der Waals surface area contributed by atoms with Crippen molar-refractivity contribution in [1.82, 2.24) is 4.48 Å². The van der Waals surface area contributed by atoms with Gasteiger partial charge in [-0.25, -0.2) is 0 Å². The number of anilines is 3. The molecule has 3 aliphatic rings. The summed E-state index contributed by atoms with van der Waals surface area (Å²) in [6.07, 6.45) is 0. The first kappa shape index (κ1) is 22.2. The van der Waals surface area contributed by atoms with Crippen molar-refractivity contribution >= 4 is 102 Å². The Balaban J connectivity index is 1.36. The monoisotopic (exact) mass is 578 g/mol. The van der Waals surface area contributed by atoms with Gasteiger partial charge in [-0.15, -0.1) is 0 Å². The summed E-state index contributed by atoms with van der Waals surface area (Å²) in [6, 6.07) is 41.6. The molecule has 0 saturated heterocycles. The lowest BCUT2D eigenvalue weighted by atomic mass is 9.45. The van der Waals surface area contributed by atoms with Crippen molar-refractivity contribution in [3.05, 3.63) is 115 Å². The van der Waals surface area contributed by atoms with Gasteiger partial charge in [0, 0.05) is 42.4 Å². The molecule has 0 fully saturated rings. The van der Waals surface area contributed by atoms with Crippen LogP contribution >= 0.6 is 11.8 Å². The Bertz CT molecular complexity index is 2790. The smallest absolute Gasteiger partial charge is 0.333 e. The van der Waals surface area contributed by atoms with Crippen LogP contribution in [0, 0.1) is 0 Å². The largest absolute Gasteiger partial charge is 0.454 e. The fourth-order valence-electron chi connectivity index (χ4n) is 8.31. The number of rotatable bonds is 0. The Labute approximate surface area is 255 Å². The van der Waals surface area contributed by atoms with E-state index in [9.17, 15) is 0 Å². The molecule has 0 aliphatic carbocycles. The predicted octanol–water partition coefficient (Wildman–Crippen LogP) is 9.32. The Kier molecular flexibility index (Phi) is 3.75. The van der Waals surface area contributed by atoms with E-state index in [1.165, 1.54) is 48.7 Å². The summed E-state index contributed by atoms with van der Waals surface area (Å²) in [7, 11) is 0. The van der Waals surface area contributed by atoms with Crippen molar-refractivity contribution in [1.29, 1.82) is 0 Å². The molecule has 3 aromatic heterocycles. The number of furan rings is 2. The highest BCUT2D eigenvalue weighted by atomic mass is 32.2. The lowest BCUT2D eigenvalue weighted by Crippen LogP contribution is -2.57. The molecule has 6 heterocycles. The van der Waals surface area contributed by atoms with Crippen molar-refractivity contribution in [2.24, 2.45) is 0 Å². The number of hydrogen-bond donors (Lipinski definition) is 0. The minimum atomic E-state index is -0.0504. The predicted molar refractivity (Wildman–Crippen MR) is 181 cm³/mol. The molecule has 4 nitrogen and oxygen atoms in total. The third-order valence-corrected chi connectivity index (χ3v) is 11.0. The van der Waals surface area contributed by atoms with E-state index >= 15 is 0 Å². The minimum Gasteiger partial charge on any atom is -0.454 e. The standard InChI is InChI=1S/C38H19BN2O2S/c1-4-15-28-20(9-1)25-19-24-21-11-7-12-23-33(21)41(34-22-10-2-5-16-29(22)43-37(23)34)39-26-13-8-18-31-35(26)40(36(32(24)39)38(25)42-28)27-14-3-6-17-30(27)44-31/h1-19H. The zero-order valence-corrected chi connectivity index (χ0v) is 24.0. The maximum atomic E-state index is 6.86. The SMILES string of the molecule is c1ccc2c(c1)Sc1cccc3c1N2c1c2c(cc4c1oc1ccccc14)-c1cccc4c5oc6ccccc6c5n(c14)B32. The van der Waals surface area contributed by atoms with Gasteiger partial charge in [-0.05, 0) is 65.0 Å². The number of benzene rings is 6. The van der Waals surface area contributed by atoms with Gasteiger partial charge in [-0.2, -0.15) is 0 Å². The second-order valence-electron chi connectivity index (χ2n) is 12.0. The van der Waals surface area contributed by atoms with Crippen molar-refractivity contribution in [2.45, 2.75) is 9.79 Å². The Morgan fingerprint density at radius 1 is 0.545 bits per heavy atom. The second-order valence-corrected chi connectivity index (χ2v) is 13.1. The quantitative estimate of drug-likeness (QED) is 0.168. The maximum absolute atomic E-state index is 6.86. The molecule has 0 atom stereocenters. The van der Waals surface area contributed by atoms with E-state index < -0.39 is 0 Å². The van der Waals surface area contributed by atoms with Crippen LogP contribution in [-0.2, 0) is 0 Å². The van der Waals surface area contributed by atoms with Crippen LogP contribution in [0.1, 0.15) is 0 Å². The number of nitrogens with zero attached hydrogens (tertiary/aromatic N) is 2. The van der Waals surface area contributed by atoms with Crippen LogP contribution in [0.15, 0.2) is 134 Å². The van der Waals surface area contributed by atoms with Crippen LogP contribution in [0.5, 0.6) is 0 Å². The molecular formula is C38H19BN2O2S. The number of aromatic nitrogens is 1. The van der Waals surface area contributed by atoms with Crippen molar-refractivity contribution in [2.75, 3.05) is 4.90 Å². The summed E-state index contributed by atoms with van der Waals surface area (Å²) in [5.41, 5.74) is 14.8. The fraction of sp³-hybridized carbons (Fsp3) is 0. The van der Waals surface area contributed by atoms with E-state index in [-0.39, 0.29) is 6.85 Å². The molecule has 0 saturated carbocycles. The lowest BCUT2D eigenvalue weighted by molar-refractivity contribution is 0.669. The fourth-order valence-corrected chi connectivity index (χ4v) is 9.41. The summed E-state index contributed by atoms with van der Waals surface area (Å²) < 4.78 is 16.1. The Hall–Kier alpha value is -5.33. The Morgan fingerprint density at radius 3 is 2.20 bits per heavy atom. The van der Waals surface area contributed by atoms with Crippen LogP contribution in [0.25, 0.3) is 66.0 Å². The highest BCUT2D eigenvalue weighted by molar-refractivity contribution is 7.99. The summed E-state index contributed by atoms with van der Waals surface area (Å²) >= 11 is 1.86. The molecule has 0 N–H and O–H groups in total. The van der Waals surface area contributed by atoms with Gasteiger partial charge in [0.05, 0.1) is 22.6 Å². The summed E-state index contributed by atoms with van der Waals surface area (Å²) in [5, 5.41) is 4.59. The van der Waals surface area contributed by atoms with Gasteiger partial charge < -0.3 is 18.2 Å². The van der Waals surface area contributed by atoms with Crippen LogP contribution in [0.2, 0.25) is 0 Å². The highest BCUT2D eigenvalue weighted by Gasteiger charge is 2.47. The third-order valence-electron chi connectivity index (χ3n) is 9.93. The first-order chi connectivity index (χ1) is 21.8. The van der Waals surface area contributed by atoms with Gasteiger partial charge in [0.1, 0.15) is 11.2 Å². The average Bonchev–Trinajstić information content (AvgIpc) is 3.73. The molecule has 0 bridgehead atoms. The van der Waals surface area contributed by atoms with E-state index in [2.05, 4.69) is 125 Å². The first-order valence-electron chi connectivity index (χ1n) is 15.0. The lowest BCUT2D eigenvalue weighted by Gasteiger charge is -2.43. The molecule has 44 heavy (non-hydrogen) atoms. The zero-order valence-electron chi connectivity index (χ0n) is 23.2. The zero-order chi connectivity index (χ0) is 28.3. The van der Waals surface area contributed by atoms with Gasteiger partial charge >= 0.3 is 6.85 Å². The van der Waals surface area contributed by atoms with Crippen molar-refractivity contribution in [3.63, 3.8) is 0 Å². The number of para-hydroxylation sites is 5. The van der Waals surface area contributed by atoms with Crippen LogP contribution < -0.4 is 15.8 Å². The molecule has 202 valence electrons. The van der Waals surface area contributed by atoms with Gasteiger partial charge in [0.25, 0.3) is 0 Å². The molecule has 0 radical (unpaired) electrons. The van der Waals surface area contributed by atoms with Gasteiger partial charge in [0.2, 0.25) is 0 Å². The molecule has 0 unspecified atom stereocenters. The molecule has 9 aromatic rings. The number of hydrogen-bond acceptors (Lipinski definition) is 4. The van der Waals surface area contributed by atoms with E-state index in [0.29, 0.717) is 0 Å². The molecule has 6 heteroatoms. The summed E-state index contributed by atoms with van der Waals surface area (Å²) in [6.45, 7) is -0.0504. The van der Waals surface area contributed by atoms with E-state index in [1.807, 2.05) is 11.8 Å². The van der Waals surface area contributed by atoms with Crippen LogP contribution in [-0.4, -0.2) is 11.3 Å². The summed E-state index contributed by atoms with van der Waals surface area (Å²) in [5.74, 6) is 0. The molecule has 0 spiro atoms. The van der Waals surface area contributed by atoms with Crippen molar-refractivity contribution in [3.8, 4) is 11.1 Å². The van der Waals surface area contributed by atoms with Gasteiger partial charge in [-0.1, -0.05) is 78.5 Å². The molecular weight excluding hydrogens is 559 g/mol. The van der Waals surface area contributed by atoms with Gasteiger partial charge in [-0.3, -0.25) is 0 Å². The molecule has 6 aromatic carbocycles. The molecule has 3 aliphatic heterocycles. The van der Waals surface area contributed by atoms with Crippen molar-refractivity contribution < 1.29 is 8.83 Å². The van der Waals surface area contributed by atoms with Crippen LogP contribution in [0.3, 0.4) is 0 Å². The van der Waals surface area contributed by atoms with Gasteiger partial charge in [0.15, 0.2) is 11.2 Å². The van der Waals surface area contributed by atoms with Crippen LogP contribution in [0.4, 0.5) is 17.1 Å². The maximum Gasteiger partial charge on any atom is 0.333 e. The molecule has 0 amide bonds. The highest BCUT2D eigenvalue weighted by Crippen LogP contribution is 2.56. The first-order valence-corrected chi connectivity index (χ1v) is 15.8.